The molecule has 2 aromatic heterocycles. The van der Waals surface area contributed by atoms with Crippen LogP contribution < -0.4 is 26.4 Å². The number of hydrogen-bond donors (Lipinski definition) is 4. The SMILES string of the molecule is Cc1ccc2cc(C(=O)NCCc3cc4c(c(-c5ccc(F)cc5)n3)OC[C@]4(C)C(N)=O)cc(NC(=O)NC3CC3)c2n1. The second-order valence-corrected chi connectivity index (χ2v) is 11.3. The summed E-state index contributed by atoms with van der Waals surface area (Å²) in [5, 5.41) is 9.38. The van der Waals surface area contributed by atoms with Gasteiger partial charge in [-0.25, -0.2) is 14.2 Å². The van der Waals surface area contributed by atoms with E-state index in [1.165, 1.54) is 12.1 Å². The van der Waals surface area contributed by atoms with Crippen molar-refractivity contribution in [3.63, 3.8) is 0 Å². The van der Waals surface area contributed by atoms with E-state index in [0.717, 1.165) is 23.9 Å². The number of nitrogens with zero attached hydrogens (tertiary/aromatic N) is 2. The topological polar surface area (TPSA) is 148 Å². The Balaban J connectivity index is 1.24. The lowest BCUT2D eigenvalue weighted by molar-refractivity contribution is -0.123. The van der Waals surface area contributed by atoms with Crippen molar-refractivity contribution >= 4 is 34.4 Å². The number of fused-ring (bicyclic) bond motifs is 2. The number of aryl methyl sites for hydroxylation is 1. The van der Waals surface area contributed by atoms with Gasteiger partial charge in [0.25, 0.3) is 5.91 Å². The molecule has 1 aliphatic carbocycles. The van der Waals surface area contributed by atoms with Gasteiger partial charge < -0.3 is 26.4 Å². The van der Waals surface area contributed by atoms with Gasteiger partial charge in [0, 0.05) is 52.5 Å². The number of urea groups is 1. The maximum Gasteiger partial charge on any atom is 0.319 e. The highest BCUT2D eigenvalue weighted by molar-refractivity contribution is 6.05. The van der Waals surface area contributed by atoms with Crippen molar-refractivity contribution in [3.05, 3.63) is 82.9 Å². The van der Waals surface area contributed by atoms with Crippen LogP contribution >= 0.6 is 0 Å². The average molecular weight is 583 g/mol. The van der Waals surface area contributed by atoms with E-state index in [-0.39, 0.29) is 36.9 Å². The third-order valence-electron chi connectivity index (χ3n) is 7.81. The van der Waals surface area contributed by atoms with Gasteiger partial charge in [0.1, 0.15) is 29.3 Å². The van der Waals surface area contributed by atoms with Gasteiger partial charge in [-0.3, -0.25) is 14.6 Å². The molecule has 1 aliphatic heterocycles. The first-order chi connectivity index (χ1) is 20.6. The third-order valence-corrected chi connectivity index (χ3v) is 7.81. The average Bonchev–Trinajstić information content (AvgIpc) is 3.73. The van der Waals surface area contributed by atoms with Crippen molar-refractivity contribution in [2.24, 2.45) is 5.73 Å². The molecule has 0 saturated heterocycles. The van der Waals surface area contributed by atoms with Gasteiger partial charge in [-0.1, -0.05) is 6.07 Å². The zero-order valence-electron chi connectivity index (χ0n) is 23.8. The number of carbonyl (C=O) groups is 3. The Bertz CT molecular complexity index is 1770. The third kappa shape index (κ3) is 5.70. The Hall–Kier alpha value is -5.06. The molecule has 1 saturated carbocycles. The highest BCUT2D eigenvalue weighted by Gasteiger charge is 2.43. The van der Waals surface area contributed by atoms with Crippen LogP contribution in [0.4, 0.5) is 14.9 Å². The highest BCUT2D eigenvalue weighted by atomic mass is 19.1. The van der Waals surface area contributed by atoms with Crippen LogP contribution in [0.5, 0.6) is 5.75 Å². The zero-order valence-corrected chi connectivity index (χ0v) is 23.8. The molecule has 11 heteroatoms. The first-order valence-corrected chi connectivity index (χ1v) is 14.1. The van der Waals surface area contributed by atoms with E-state index in [1.807, 2.05) is 19.1 Å². The van der Waals surface area contributed by atoms with Gasteiger partial charge in [-0.2, -0.15) is 0 Å². The molecule has 5 N–H and O–H groups in total. The molecule has 2 aromatic carbocycles. The molecule has 1 atom stereocenters. The predicted molar refractivity (Wildman–Crippen MR) is 159 cm³/mol. The maximum atomic E-state index is 13.6. The van der Waals surface area contributed by atoms with Crippen LogP contribution in [0.2, 0.25) is 0 Å². The van der Waals surface area contributed by atoms with Crippen LogP contribution in [-0.2, 0) is 16.6 Å². The van der Waals surface area contributed by atoms with Crippen molar-refractivity contribution in [2.75, 3.05) is 18.5 Å². The van der Waals surface area contributed by atoms with Crippen molar-refractivity contribution < 1.29 is 23.5 Å². The molecular formula is C32H31FN6O4. The molecular weight excluding hydrogens is 551 g/mol. The number of amides is 4. The van der Waals surface area contributed by atoms with Gasteiger partial charge in [0.2, 0.25) is 5.91 Å². The molecule has 0 spiro atoms. The van der Waals surface area contributed by atoms with Crippen LogP contribution in [0.25, 0.3) is 22.2 Å². The molecule has 43 heavy (non-hydrogen) atoms. The molecule has 0 unspecified atom stereocenters. The summed E-state index contributed by atoms with van der Waals surface area (Å²) >= 11 is 0. The van der Waals surface area contributed by atoms with Crippen molar-refractivity contribution in [2.45, 2.75) is 44.6 Å². The number of nitrogens with two attached hydrogens (primary N) is 1. The summed E-state index contributed by atoms with van der Waals surface area (Å²) in [6.07, 6.45) is 2.24. The van der Waals surface area contributed by atoms with E-state index in [9.17, 15) is 18.8 Å². The molecule has 3 heterocycles. The Labute approximate surface area is 247 Å². The van der Waals surface area contributed by atoms with Crippen LogP contribution in [-0.4, -0.2) is 47.0 Å². The number of halogens is 1. The number of primary amides is 1. The van der Waals surface area contributed by atoms with Crippen LogP contribution in [0.1, 0.15) is 47.1 Å². The molecule has 6 rings (SSSR count). The van der Waals surface area contributed by atoms with E-state index in [2.05, 4.69) is 20.9 Å². The van der Waals surface area contributed by atoms with Crippen LogP contribution in [0.15, 0.2) is 54.6 Å². The number of nitrogens with one attached hydrogen (secondary N) is 3. The Kier molecular flexibility index (Phi) is 7.17. The number of hydrogen-bond acceptors (Lipinski definition) is 6. The molecule has 0 radical (unpaired) electrons. The molecule has 10 nitrogen and oxygen atoms in total. The largest absolute Gasteiger partial charge is 0.489 e. The number of carbonyl (C=O) groups excluding carboxylic acids is 3. The minimum Gasteiger partial charge on any atom is -0.489 e. The number of benzene rings is 2. The summed E-state index contributed by atoms with van der Waals surface area (Å²) in [7, 11) is 0. The summed E-state index contributed by atoms with van der Waals surface area (Å²) in [5.74, 6) is -0.813. The summed E-state index contributed by atoms with van der Waals surface area (Å²) in [6.45, 7) is 3.88. The first kappa shape index (κ1) is 28.1. The minimum absolute atomic E-state index is 0.0686. The second-order valence-electron chi connectivity index (χ2n) is 11.3. The van der Waals surface area contributed by atoms with E-state index >= 15 is 0 Å². The molecule has 0 bridgehead atoms. The smallest absolute Gasteiger partial charge is 0.319 e. The number of pyridine rings is 2. The van der Waals surface area contributed by atoms with Crippen molar-refractivity contribution in [3.8, 4) is 17.0 Å². The van der Waals surface area contributed by atoms with Gasteiger partial charge in [0.05, 0.1) is 11.2 Å². The van der Waals surface area contributed by atoms with Gasteiger partial charge in [-0.05, 0) is 75.2 Å². The molecule has 4 aromatic rings. The molecule has 4 amide bonds. The Morgan fingerprint density at radius 3 is 2.56 bits per heavy atom. The predicted octanol–water partition coefficient (Wildman–Crippen LogP) is 4.14. The van der Waals surface area contributed by atoms with Gasteiger partial charge >= 0.3 is 6.03 Å². The zero-order chi connectivity index (χ0) is 30.3. The Morgan fingerprint density at radius 1 is 1.07 bits per heavy atom. The fraction of sp³-hybridized carbons (Fsp3) is 0.281. The summed E-state index contributed by atoms with van der Waals surface area (Å²) in [5.41, 5.74) is 9.19. The Morgan fingerprint density at radius 2 is 1.84 bits per heavy atom. The second kappa shape index (κ2) is 11.0. The van der Waals surface area contributed by atoms with Gasteiger partial charge in [-0.15, -0.1) is 0 Å². The van der Waals surface area contributed by atoms with E-state index < -0.39 is 11.3 Å². The maximum absolute atomic E-state index is 13.6. The lowest BCUT2D eigenvalue weighted by Crippen LogP contribution is -2.39. The number of aromatic nitrogens is 2. The quantitative estimate of drug-likeness (QED) is 0.246. The number of rotatable bonds is 8. The normalized spacial score (nSPS) is 17.2. The van der Waals surface area contributed by atoms with Crippen LogP contribution in [0, 0.1) is 12.7 Å². The lowest BCUT2D eigenvalue weighted by Gasteiger charge is -2.19. The fourth-order valence-electron chi connectivity index (χ4n) is 5.11. The van der Waals surface area contributed by atoms with Crippen LogP contribution in [0.3, 0.4) is 0 Å². The first-order valence-electron chi connectivity index (χ1n) is 14.1. The standard InChI is InChI=1S/C32H31FN6O4/c1-17-3-4-19-13-20(14-25(26(19)36-17)39-31(42)38-22-9-10-22)29(40)35-12-11-23-15-24-28(43-16-32(24,2)30(34)41)27(37-23)18-5-7-21(33)8-6-18/h3-8,13-15,22H,9-12,16H2,1-2H3,(H2,34,41)(H,35,40)(H2,38,39,42)/t32-/m0/s1. The fourth-order valence-corrected chi connectivity index (χ4v) is 5.11. The number of anilines is 1. The summed E-state index contributed by atoms with van der Waals surface area (Å²) in [4.78, 5) is 47.5. The van der Waals surface area contributed by atoms with E-state index in [0.29, 0.717) is 51.5 Å². The van der Waals surface area contributed by atoms with E-state index in [1.54, 1.807) is 37.3 Å². The monoisotopic (exact) mass is 582 g/mol. The van der Waals surface area contributed by atoms with Crippen molar-refractivity contribution in [1.29, 1.82) is 0 Å². The van der Waals surface area contributed by atoms with Gasteiger partial charge in [0.15, 0.2) is 0 Å². The molecule has 2 aliphatic rings. The summed E-state index contributed by atoms with van der Waals surface area (Å²) < 4.78 is 19.5. The lowest BCUT2D eigenvalue weighted by atomic mass is 9.83. The minimum atomic E-state index is -1.06. The van der Waals surface area contributed by atoms with E-state index in [4.69, 9.17) is 15.5 Å². The molecule has 1 fully saturated rings. The number of ether oxygens (including phenoxy) is 1. The molecule has 220 valence electrons. The summed E-state index contributed by atoms with van der Waals surface area (Å²) in [6, 6.07) is 14.5. The highest BCUT2D eigenvalue weighted by Crippen LogP contribution is 2.44. The van der Waals surface area contributed by atoms with Crippen molar-refractivity contribution in [1.82, 2.24) is 20.6 Å².